The summed E-state index contributed by atoms with van der Waals surface area (Å²) in [5, 5.41) is 12.6. The molecule has 20 heavy (non-hydrogen) atoms. The SMILES string of the molecule is CC(C(=O)O)c1cscc1P(=O)(O)Cc1ccccc1. The van der Waals surface area contributed by atoms with Crippen LogP contribution >= 0.6 is 18.7 Å². The molecule has 0 aliphatic heterocycles. The van der Waals surface area contributed by atoms with Crippen LogP contribution in [0.4, 0.5) is 0 Å². The van der Waals surface area contributed by atoms with Crippen LogP contribution < -0.4 is 5.30 Å². The van der Waals surface area contributed by atoms with Crippen molar-refractivity contribution in [2.24, 2.45) is 0 Å². The fourth-order valence-electron chi connectivity index (χ4n) is 1.96. The molecule has 0 amide bonds. The Hall–Kier alpha value is -1.42. The van der Waals surface area contributed by atoms with Gasteiger partial charge in [-0.15, -0.1) is 0 Å². The minimum absolute atomic E-state index is 0.0178. The molecule has 1 aromatic carbocycles. The lowest BCUT2D eigenvalue weighted by molar-refractivity contribution is -0.138. The fourth-order valence-corrected chi connectivity index (χ4v) is 5.23. The van der Waals surface area contributed by atoms with Gasteiger partial charge in [0.15, 0.2) is 0 Å². The Bertz CT molecular complexity index is 650. The smallest absolute Gasteiger partial charge is 0.310 e. The van der Waals surface area contributed by atoms with Crippen molar-refractivity contribution in [3.05, 3.63) is 52.2 Å². The van der Waals surface area contributed by atoms with Gasteiger partial charge in [0.2, 0.25) is 7.37 Å². The molecule has 0 fully saturated rings. The predicted molar refractivity (Wildman–Crippen MR) is 80.0 cm³/mol. The van der Waals surface area contributed by atoms with E-state index >= 15 is 0 Å². The van der Waals surface area contributed by atoms with Crippen LogP contribution in [0.25, 0.3) is 0 Å². The molecule has 0 aliphatic rings. The van der Waals surface area contributed by atoms with Crippen molar-refractivity contribution in [1.82, 2.24) is 0 Å². The molecule has 2 aromatic rings. The van der Waals surface area contributed by atoms with Gasteiger partial charge in [0.05, 0.1) is 17.4 Å². The summed E-state index contributed by atoms with van der Waals surface area (Å²) < 4.78 is 12.6. The molecule has 1 aromatic heterocycles. The number of carboxylic acid groups (broad SMARTS) is 1. The van der Waals surface area contributed by atoms with Crippen molar-refractivity contribution in [3.8, 4) is 0 Å². The molecule has 1 heterocycles. The number of aliphatic carboxylic acids is 1. The van der Waals surface area contributed by atoms with Gasteiger partial charge in [-0.2, -0.15) is 11.3 Å². The summed E-state index contributed by atoms with van der Waals surface area (Å²) in [5.41, 5.74) is 1.20. The molecule has 0 saturated heterocycles. The lowest BCUT2D eigenvalue weighted by atomic mass is 10.1. The molecule has 0 spiro atoms. The largest absolute Gasteiger partial charge is 0.481 e. The molecule has 2 unspecified atom stereocenters. The first kappa shape index (κ1) is 15.0. The van der Waals surface area contributed by atoms with Gasteiger partial charge < -0.3 is 10.00 Å². The first-order valence-electron chi connectivity index (χ1n) is 6.07. The monoisotopic (exact) mass is 310 g/mol. The minimum Gasteiger partial charge on any atom is -0.481 e. The van der Waals surface area contributed by atoms with Gasteiger partial charge in [-0.1, -0.05) is 30.3 Å². The quantitative estimate of drug-likeness (QED) is 0.832. The summed E-state index contributed by atoms with van der Waals surface area (Å²) in [5.74, 6) is -1.78. The third kappa shape index (κ3) is 3.18. The number of carboxylic acids is 1. The predicted octanol–water partition coefficient (Wildman–Crippen LogP) is 3.03. The highest BCUT2D eigenvalue weighted by molar-refractivity contribution is 7.65. The number of hydrogen-bond acceptors (Lipinski definition) is 3. The van der Waals surface area contributed by atoms with Gasteiger partial charge in [0.25, 0.3) is 0 Å². The van der Waals surface area contributed by atoms with Gasteiger partial charge in [-0.3, -0.25) is 9.36 Å². The first-order chi connectivity index (χ1) is 9.42. The number of thiophene rings is 1. The molecule has 106 valence electrons. The number of rotatable bonds is 5. The highest BCUT2D eigenvalue weighted by Gasteiger charge is 2.29. The minimum atomic E-state index is -3.60. The van der Waals surface area contributed by atoms with Gasteiger partial charge in [0.1, 0.15) is 0 Å². The van der Waals surface area contributed by atoms with Gasteiger partial charge in [-0.25, -0.2) is 0 Å². The molecule has 0 aliphatic carbocycles. The van der Waals surface area contributed by atoms with Crippen LogP contribution in [0.1, 0.15) is 24.0 Å². The molecule has 0 saturated carbocycles. The highest BCUT2D eigenvalue weighted by Crippen LogP contribution is 2.46. The van der Waals surface area contributed by atoms with E-state index in [-0.39, 0.29) is 11.5 Å². The van der Waals surface area contributed by atoms with Gasteiger partial charge >= 0.3 is 5.97 Å². The molecule has 4 nitrogen and oxygen atoms in total. The Labute approximate surface area is 121 Å². The highest BCUT2D eigenvalue weighted by atomic mass is 32.1. The molecule has 0 bridgehead atoms. The van der Waals surface area contributed by atoms with Crippen LogP contribution in [0.2, 0.25) is 0 Å². The van der Waals surface area contributed by atoms with E-state index in [1.165, 1.54) is 18.3 Å². The van der Waals surface area contributed by atoms with Crippen LogP contribution in [0.3, 0.4) is 0 Å². The number of hydrogen-bond donors (Lipinski definition) is 2. The Morgan fingerprint density at radius 2 is 1.95 bits per heavy atom. The summed E-state index contributed by atoms with van der Waals surface area (Å²) in [6.45, 7) is 1.52. The van der Waals surface area contributed by atoms with Crippen LogP contribution in [0.5, 0.6) is 0 Å². The van der Waals surface area contributed by atoms with E-state index in [0.717, 1.165) is 5.56 Å². The van der Waals surface area contributed by atoms with E-state index in [0.29, 0.717) is 5.56 Å². The summed E-state index contributed by atoms with van der Waals surface area (Å²) >= 11 is 1.25. The standard InChI is InChI=1S/C14H15O4PS/c1-10(14(15)16)12-8-20-9-13(12)19(17,18)7-11-5-3-2-4-6-11/h2-6,8-10H,7H2,1H3,(H,15,16)(H,17,18). The second kappa shape index (κ2) is 5.92. The Kier molecular flexibility index (Phi) is 4.43. The topological polar surface area (TPSA) is 74.6 Å². The maximum absolute atomic E-state index is 12.6. The normalized spacial score (nSPS) is 15.5. The second-order valence-corrected chi connectivity index (χ2v) is 7.56. The van der Waals surface area contributed by atoms with Gasteiger partial charge in [0, 0.05) is 5.38 Å². The zero-order valence-corrected chi connectivity index (χ0v) is 12.6. The third-order valence-electron chi connectivity index (χ3n) is 3.12. The maximum Gasteiger partial charge on any atom is 0.310 e. The molecule has 2 atom stereocenters. The Morgan fingerprint density at radius 3 is 2.55 bits per heavy atom. The van der Waals surface area contributed by atoms with E-state index in [4.69, 9.17) is 5.11 Å². The van der Waals surface area contributed by atoms with Crippen LogP contribution in [-0.2, 0) is 15.5 Å². The summed E-state index contributed by atoms with van der Waals surface area (Å²) in [4.78, 5) is 21.4. The van der Waals surface area contributed by atoms with Crippen LogP contribution in [0, 0.1) is 0 Å². The fraction of sp³-hybridized carbons (Fsp3) is 0.214. The zero-order valence-electron chi connectivity index (χ0n) is 10.9. The molecule has 6 heteroatoms. The molecular formula is C14H15O4PS. The van der Waals surface area contributed by atoms with E-state index in [1.807, 2.05) is 18.2 Å². The van der Waals surface area contributed by atoms with Crippen LogP contribution in [-0.4, -0.2) is 16.0 Å². The van der Waals surface area contributed by atoms with Gasteiger partial charge in [-0.05, 0) is 23.4 Å². The summed E-state index contributed by atoms with van der Waals surface area (Å²) in [6, 6.07) is 9.03. The lowest BCUT2D eigenvalue weighted by Crippen LogP contribution is -2.16. The number of carbonyl (C=O) groups is 1. The zero-order chi connectivity index (χ0) is 14.8. The van der Waals surface area contributed by atoms with E-state index in [1.54, 1.807) is 22.9 Å². The molecule has 2 N–H and O–H groups in total. The Balaban J connectivity index is 2.33. The van der Waals surface area contributed by atoms with Crippen molar-refractivity contribution >= 4 is 30.0 Å². The van der Waals surface area contributed by atoms with Crippen LogP contribution in [0.15, 0.2) is 41.1 Å². The van der Waals surface area contributed by atoms with Crippen molar-refractivity contribution in [2.45, 2.75) is 19.0 Å². The molecule has 2 rings (SSSR count). The lowest BCUT2D eigenvalue weighted by Gasteiger charge is -2.14. The summed E-state index contributed by atoms with van der Waals surface area (Å²) in [7, 11) is -3.60. The first-order valence-corrected chi connectivity index (χ1v) is 8.86. The van der Waals surface area contributed by atoms with Crippen molar-refractivity contribution in [3.63, 3.8) is 0 Å². The second-order valence-electron chi connectivity index (χ2n) is 4.62. The maximum atomic E-state index is 12.6. The average Bonchev–Trinajstić information content (AvgIpc) is 2.88. The Morgan fingerprint density at radius 1 is 1.30 bits per heavy atom. The van der Waals surface area contributed by atoms with Crippen molar-refractivity contribution < 1.29 is 19.4 Å². The van der Waals surface area contributed by atoms with E-state index in [2.05, 4.69) is 0 Å². The van der Waals surface area contributed by atoms with Crippen molar-refractivity contribution in [1.29, 1.82) is 0 Å². The number of benzene rings is 1. The van der Waals surface area contributed by atoms with E-state index in [9.17, 15) is 14.3 Å². The molecule has 0 radical (unpaired) electrons. The molecular weight excluding hydrogens is 295 g/mol. The third-order valence-corrected chi connectivity index (χ3v) is 5.99. The van der Waals surface area contributed by atoms with E-state index < -0.39 is 19.3 Å². The average molecular weight is 310 g/mol. The summed E-state index contributed by atoms with van der Waals surface area (Å²) in [6.07, 6.45) is 0.0178. The van der Waals surface area contributed by atoms with Crippen molar-refractivity contribution in [2.75, 3.05) is 0 Å².